The fourth-order valence-electron chi connectivity index (χ4n) is 2.14. The van der Waals surface area contributed by atoms with Crippen LogP contribution in [0.1, 0.15) is 10.5 Å². The molecule has 0 spiro atoms. The largest absolute Gasteiger partial charge is 0.471 e. The fraction of sp³-hybridized carbons (Fsp3) is 0.0588. The van der Waals surface area contributed by atoms with Crippen LogP contribution in [0, 0.1) is 29.1 Å². The van der Waals surface area contributed by atoms with Crippen molar-refractivity contribution in [1.82, 2.24) is 9.78 Å². The highest BCUT2D eigenvalue weighted by Crippen LogP contribution is 2.27. The zero-order chi connectivity index (χ0) is 20.4. The zero-order valence-electron chi connectivity index (χ0n) is 13.6. The molecule has 0 unspecified atom stereocenters. The molecule has 0 bridgehead atoms. The molecule has 0 radical (unpaired) electrons. The smallest absolute Gasteiger partial charge is 0.276 e. The van der Waals surface area contributed by atoms with Crippen molar-refractivity contribution in [1.29, 1.82) is 0 Å². The molecule has 1 amide bonds. The van der Waals surface area contributed by atoms with E-state index in [9.17, 15) is 26.7 Å². The maximum absolute atomic E-state index is 13.6. The van der Waals surface area contributed by atoms with Gasteiger partial charge in [-0.15, -0.1) is 0 Å². The standard InChI is InChI=1S/C17H9ClF5N3O2/c18-8-2-1-3-9(6-8)28-7-26-5-4-10(25-26)17(27)24-16-14(22)12(20)11(19)13(21)15(16)23/h1-6H,7H2,(H,24,27). The molecule has 2 aromatic carbocycles. The number of nitrogens with zero attached hydrogens (tertiary/aromatic N) is 2. The molecule has 1 heterocycles. The Kier molecular flexibility index (Phi) is 5.50. The molecule has 0 fully saturated rings. The molecule has 0 aliphatic rings. The number of amides is 1. The van der Waals surface area contributed by atoms with E-state index in [4.69, 9.17) is 16.3 Å². The van der Waals surface area contributed by atoms with Crippen LogP contribution >= 0.6 is 11.6 Å². The van der Waals surface area contributed by atoms with Crippen LogP contribution < -0.4 is 10.1 Å². The maximum Gasteiger partial charge on any atom is 0.276 e. The minimum absolute atomic E-state index is 0.129. The Bertz CT molecular complexity index is 1030. The number of halogens is 6. The molecule has 3 aromatic rings. The van der Waals surface area contributed by atoms with E-state index in [0.717, 1.165) is 0 Å². The van der Waals surface area contributed by atoms with Gasteiger partial charge < -0.3 is 10.1 Å². The zero-order valence-corrected chi connectivity index (χ0v) is 14.4. The van der Waals surface area contributed by atoms with Crippen LogP contribution in [0.4, 0.5) is 27.6 Å². The van der Waals surface area contributed by atoms with Gasteiger partial charge in [0.15, 0.2) is 35.7 Å². The summed E-state index contributed by atoms with van der Waals surface area (Å²) in [5.74, 6) is -11.7. The number of carbonyl (C=O) groups excluding carboxylic acids is 1. The number of hydrogen-bond acceptors (Lipinski definition) is 3. The van der Waals surface area contributed by atoms with Crippen molar-refractivity contribution in [2.75, 3.05) is 5.32 Å². The van der Waals surface area contributed by atoms with Crippen LogP contribution in [0.15, 0.2) is 36.5 Å². The number of rotatable bonds is 5. The molecule has 0 saturated carbocycles. The van der Waals surface area contributed by atoms with E-state index in [1.165, 1.54) is 16.9 Å². The SMILES string of the molecule is O=C(Nc1c(F)c(F)c(F)c(F)c1F)c1ccn(COc2cccc(Cl)c2)n1. The maximum atomic E-state index is 13.6. The Labute approximate surface area is 159 Å². The van der Waals surface area contributed by atoms with Crippen LogP contribution in [-0.2, 0) is 6.73 Å². The highest BCUT2D eigenvalue weighted by molar-refractivity contribution is 6.30. The molecule has 0 aliphatic heterocycles. The first kappa shape index (κ1) is 19.6. The van der Waals surface area contributed by atoms with E-state index in [1.54, 1.807) is 29.6 Å². The molecule has 0 saturated heterocycles. The van der Waals surface area contributed by atoms with Gasteiger partial charge in [-0.1, -0.05) is 17.7 Å². The summed E-state index contributed by atoms with van der Waals surface area (Å²) < 4.78 is 73.2. The van der Waals surface area contributed by atoms with Crippen LogP contribution in [-0.4, -0.2) is 15.7 Å². The highest BCUT2D eigenvalue weighted by atomic mass is 35.5. The third kappa shape index (κ3) is 3.91. The van der Waals surface area contributed by atoms with Gasteiger partial charge in [-0.2, -0.15) is 5.10 Å². The minimum atomic E-state index is -2.32. The van der Waals surface area contributed by atoms with Crippen LogP contribution in [0.25, 0.3) is 0 Å². The van der Waals surface area contributed by atoms with Crippen molar-refractivity contribution in [2.24, 2.45) is 0 Å². The Balaban J connectivity index is 1.73. The Hall–Kier alpha value is -3.14. The fourth-order valence-corrected chi connectivity index (χ4v) is 2.32. The van der Waals surface area contributed by atoms with Gasteiger partial charge in [0.25, 0.3) is 5.91 Å². The second-order valence-electron chi connectivity index (χ2n) is 5.37. The summed E-state index contributed by atoms with van der Waals surface area (Å²) >= 11 is 5.81. The lowest BCUT2D eigenvalue weighted by Gasteiger charge is -2.09. The summed E-state index contributed by atoms with van der Waals surface area (Å²) in [6, 6.07) is 7.64. The van der Waals surface area contributed by atoms with Crippen LogP contribution in [0.3, 0.4) is 0 Å². The molecule has 11 heteroatoms. The molecule has 28 heavy (non-hydrogen) atoms. The summed E-state index contributed by atoms with van der Waals surface area (Å²) in [7, 11) is 0. The molecule has 1 N–H and O–H groups in total. The Morgan fingerprint density at radius 3 is 2.32 bits per heavy atom. The van der Waals surface area contributed by atoms with Gasteiger partial charge in [-0.05, 0) is 24.3 Å². The first-order valence-electron chi connectivity index (χ1n) is 7.52. The van der Waals surface area contributed by atoms with E-state index in [0.29, 0.717) is 10.8 Å². The van der Waals surface area contributed by atoms with Gasteiger partial charge in [-0.3, -0.25) is 4.79 Å². The molecule has 5 nitrogen and oxygen atoms in total. The predicted octanol–water partition coefficient (Wildman–Crippen LogP) is 4.52. The van der Waals surface area contributed by atoms with Gasteiger partial charge in [0, 0.05) is 11.2 Å². The molecule has 1 aromatic heterocycles. The molecule has 0 atom stereocenters. The van der Waals surface area contributed by atoms with Crippen molar-refractivity contribution < 1.29 is 31.5 Å². The average Bonchev–Trinajstić information content (AvgIpc) is 3.16. The summed E-state index contributed by atoms with van der Waals surface area (Å²) in [6.07, 6.45) is 1.32. The number of carbonyl (C=O) groups is 1. The van der Waals surface area contributed by atoms with E-state index >= 15 is 0 Å². The van der Waals surface area contributed by atoms with Gasteiger partial charge in [0.1, 0.15) is 11.4 Å². The third-order valence-electron chi connectivity index (χ3n) is 3.48. The quantitative estimate of drug-likeness (QED) is 0.377. The first-order valence-corrected chi connectivity index (χ1v) is 7.90. The topological polar surface area (TPSA) is 56.2 Å². The predicted molar refractivity (Wildman–Crippen MR) is 88.5 cm³/mol. The van der Waals surface area contributed by atoms with E-state index < -0.39 is 40.7 Å². The number of hydrogen-bond donors (Lipinski definition) is 1. The number of benzene rings is 2. The number of aromatic nitrogens is 2. The van der Waals surface area contributed by atoms with Gasteiger partial charge in [0.2, 0.25) is 5.82 Å². The average molecular weight is 418 g/mol. The molecular formula is C17H9ClF5N3O2. The van der Waals surface area contributed by atoms with E-state index in [-0.39, 0.29) is 12.4 Å². The lowest BCUT2D eigenvalue weighted by molar-refractivity contribution is 0.101. The molecule has 0 aliphatic carbocycles. The van der Waals surface area contributed by atoms with Gasteiger partial charge >= 0.3 is 0 Å². The van der Waals surface area contributed by atoms with E-state index in [2.05, 4.69) is 5.10 Å². The van der Waals surface area contributed by atoms with Crippen molar-refractivity contribution >= 4 is 23.2 Å². The lowest BCUT2D eigenvalue weighted by atomic mass is 10.2. The number of ether oxygens (including phenoxy) is 1. The normalized spacial score (nSPS) is 10.8. The summed E-state index contributed by atoms with van der Waals surface area (Å²) in [6.45, 7) is -0.129. The monoisotopic (exact) mass is 417 g/mol. The molecule has 3 rings (SSSR count). The Morgan fingerprint density at radius 1 is 1.04 bits per heavy atom. The second-order valence-corrected chi connectivity index (χ2v) is 5.81. The molecule has 146 valence electrons. The van der Waals surface area contributed by atoms with Crippen molar-refractivity contribution in [3.8, 4) is 5.75 Å². The number of anilines is 1. The van der Waals surface area contributed by atoms with Crippen molar-refractivity contribution in [3.63, 3.8) is 0 Å². The third-order valence-corrected chi connectivity index (χ3v) is 3.72. The molecular weight excluding hydrogens is 409 g/mol. The van der Waals surface area contributed by atoms with Gasteiger partial charge in [-0.25, -0.2) is 26.6 Å². The second kappa shape index (κ2) is 7.85. The van der Waals surface area contributed by atoms with Crippen LogP contribution in [0.2, 0.25) is 5.02 Å². The van der Waals surface area contributed by atoms with Crippen molar-refractivity contribution in [2.45, 2.75) is 6.73 Å². The minimum Gasteiger partial charge on any atom is -0.471 e. The van der Waals surface area contributed by atoms with Crippen molar-refractivity contribution in [3.05, 3.63) is 76.3 Å². The first-order chi connectivity index (χ1) is 13.3. The lowest BCUT2D eigenvalue weighted by Crippen LogP contribution is -2.18. The number of nitrogens with one attached hydrogen (secondary N) is 1. The Morgan fingerprint density at radius 2 is 1.68 bits per heavy atom. The van der Waals surface area contributed by atoms with Gasteiger partial charge in [0.05, 0.1) is 0 Å². The summed E-state index contributed by atoms with van der Waals surface area (Å²) in [4.78, 5) is 12.0. The summed E-state index contributed by atoms with van der Waals surface area (Å²) in [5, 5.41) is 5.88. The van der Waals surface area contributed by atoms with E-state index in [1.807, 2.05) is 0 Å². The summed E-state index contributed by atoms with van der Waals surface area (Å²) in [5.41, 5.74) is -1.80. The van der Waals surface area contributed by atoms with Crippen LogP contribution in [0.5, 0.6) is 5.75 Å². The highest BCUT2D eigenvalue weighted by Gasteiger charge is 2.27.